The van der Waals surface area contributed by atoms with Crippen LogP contribution in [0.3, 0.4) is 0 Å². The molecule has 0 bridgehead atoms. The Bertz CT molecular complexity index is 487. The highest BCUT2D eigenvalue weighted by molar-refractivity contribution is 5.71. The van der Waals surface area contributed by atoms with E-state index in [2.05, 4.69) is 13.8 Å². The standard InChI is InChI=1S/C26H46O7/c1-3-5-7-9-11-13-17-24(28)31-21-23(33-26(30)19-15-16-20-27)22-32-25(29)18-14-12-10-8-6-4-2/h20,23H,3-19,21-22H2,1-2H3. The van der Waals surface area contributed by atoms with Crippen molar-refractivity contribution in [3.63, 3.8) is 0 Å². The number of hydrogen-bond donors (Lipinski definition) is 0. The number of ether oxygens (including phenoxy) is 3. The number of rotatable bonds is 23. The van der Waals surface area contributed by atoms with Crippen LogP contribution in [-0.4, -0.2) is 43.5 Å². The van der Waals surface area contributed by atoms with Crippen molar-refractivity contribution in [2.75, 3.05) is 13.2 Å². The summed E-state index contributed by atoms with van der Waals surface area (Å²) in [6.07, 6.45) is 14.2. The average Bonchev–Trinajstić information content (AvgIpc) is 2.80. The lowest BCUT2D eigenvalue weighted by Crippen LogP contribution is -2.30. The quantitative estimate of drug-likeness (QED) is 0.0799. The van der Waals surface area contributed by atoms with E-state index in [0.717, 1.165) is 44.8 Å². The van der Waals surface area contributed by atoms with E-state index in [1.165, 1.54) is 38.5 Å². The van der Waals surface area contributed by atoms with E-state index in [4.69, 9.17) is 14.2 Å². The van der Waals surface area contributed by atoms with E-state index >= 15 is 0 Å². The lowest BCUT2D eigenvalue weighted by Gasteiger charge is -2.18. The Kier molecular flexibility index (Phi) is 21.9. The summed E-state index contributed by atoms with van der Waals surface area (Å²) in [4.78, 5) is 46.4. The summed E-state index contributed by atoms with van der Waals surface area (Å²) in [5.74, 6) is -1.18. The van der Waals surface area contributed by atoms with Crippen molar-refractivity contribution >= 4 is 24.2 Å². The Labute approximate surface area is 200 Å². The third-order valence-electron chi connectivity index (χ3n) is 5.33. The summed E-state index contributed by atoms with van der Waals surface area (Å²) in [6, 6.07) is 0. The van der Waals surface area contributed by atoms with Crippen LogP contribution in [0.4, 0.5) is 0 Å². The zero-order valence-corrected chi connectivity index (χ0v) is 20.9. The molecule has 0 aromatic heterocycles. The molecule has 0 radical (unpaired) electrons. The number of aldehydes is 1. The molecule has 192 valence electrons. The van der Waals surface area contributed by atoms with Crippen molar-refractivity contribution < 1.29 is 33.4 Å². The Balaban J connectivity index is 4.31. The van der Waals surface area contributed by atoms with E-state index in [0.29, 0.717) is 19.3 Å². The SMILES string of the molecule is CCCCCCCCC(=O)OCC(COC(=O)CCCCCCCC)OC(=O)CCCC=O. The largest absolute Gasteiger partial charge is 0.462 e. The molecule has 0 saturated carbocycles. The maximum Gasteiger partial charge on any atom is 0.306 e. The van der Waals surface area contributed by atoms with Crippen LogP contribution in [0.1, 0.15) is 123 Å². The number of esters is 3. The van der Waals surface area contributed by atoms with Gasteiger partial charge in [0, 0.05) is 25.7 Å². The van der Waals surface area contributed by atoms with E-state index in [9.17, 15) is 19.2 Å². The molecule has 0 spiro atoms. The van der Waals surface area contributed by atoms with Gasteiger partial charge < -0.3 is 19.0 Å². The van der Waals surface area contributed by atoms with Gasteiger partial charge in [0.1, 0.15) is 19.5 Å². The highest BCUT2D eigenvalue weighted by Gasteiger charge is 2.19. The molecule has 0 aliphatic rings. The fourth-order valence-electron chi connectivity index (χ4n) is 3.31. The molecule has 0 aliphatic heterocycles. The fourth-order valence-corrected chi connectivity index (χ4v) is 3.31. The Morgan fingerprint density at radius 3 is 1.48 bits per heavy atom. The Morgan fingerprint density at radius 1 is 0.606 bits per heavy atom. The van der Waals surface area contributed by atoms with Gasteiger partial charge in [-0.3, -0.25) is 14.4 Å². The second-order valence-electron chi connectivity index (χ2n) is 8.57. The second kappa shape index (κ2) is 23.2. The van der Waals surface area contributed by atoms with Crippen LogP contribution in [0.25, 0.3) is 0 Å². The summed E-state index contributed by atoms with van der Waals surface area (Å²) >= 11 is 0. The van der Waals surface area contributed by atoms with E-state index in [-0.39, 0.29) is 38.0 Å². The van der Waals surface area contributed by atoms with Gasteiger partial charge >= 0.3 is 17.9 Å². The van der Waals surface area contributed by atoms with Gasteiger partial charge in [-0.1, -0.05) is 78.1 Å². The first-order chi connectivity index (χ1) is 16.0. The monoisotopic (exact) mass is 470 g/mol. The summed E-state index contributed by atoms with van der Waals surface area (Å²) in [6.45, 7) is 4.04. The van der Waals surface area contributed by atoms with Crippen molar-refractivity contribution in [3.05, 3.63) is 0 Å². The van der Waals surface area contributed by atoms with E-state index < -0.39 is 12.1 Å². The average molecular weight is 471 g/mol. The molecule has 0 fully saturated rings. The molecule has 7 nitrogen and oxygen atoms in total. The first kappa shape index (κ1) is 31.1. The fraction of sp³-hybridized carbons (Fsp3) is 0.846. The van der Waals surface area contributed by atoms with Gasteiger partial charge in [-0.2, -0.15) is 0 Å². The topological polar surface area (TPSA) is 96.0 Å². The van der Waals surface area contributed by atoms with Crippen LogP contribution < -0.4 is 0 Å². The maximum absolute atomic E-state index is 12.0. The van der Waals surface area contributed by atoms with Gasteiger partial charge in [-0.05, 0) is 19.3 Å². The number of unbranched alkanes of at least 4 members (excludes halogenated alkanes) is 11. The van der Waals surface area contributed by atoms with Gasteiger partial charge in [0.05, 0.1) is 0 Å². The molecule has 0 atom stereocenters. The molecule has 0 heterocycles. The smallest absolute Gasteiger partial charge is 0.306 e. The zero-order chi connectivity index (χ0) is 24.6. The highest BCUT2D eigenvalue weighted by atomic mass is 16.6. The normalized spacial score (nSPS) is 10.8. The van der Waals surface area contributed by atoms with Crippen LogP contribution in [-0.2, 0) is 33.4 Å². The molecule has 0 N–H and O–H groups in total. The minimum atomic E-state index is -0.837. The van der Waals surface area contributed by atoms with Gasteiger partial charge in [0.15, 0.2) is 6.10 Å². The summed E-state index contributed by atoms with van der Waals surface area (Å²) < 4.78 is 15.9. The van der Waals surface area contributed by atoms with Crippen LogP contribution in [0, 0.1) is 0 Å². The predicted molar refractivity (Wildman–Crippen MR) is 128 cm³/mol. The molecule has 0 rings (SSSR count). The molecule has 0 unspecified atom stereocenters. The van der Waals surface area contributed by atoms with Crippen molar-refractivity contribution in [2.45, 2.75) is 129 Å². The molecule has 7 heteroatoms. The molecular weight excluding hydrogens is 424 g/mol. The Morgan fingerprint density at radius 2 is 1.03 bits per heavy atom. The van der Waals surface area contributed by atoms with Gasteiger partial charge in [-0.15, -0.1) is 0 Å². The molecule has 33 heavy (non-hydrogen) atoms. The molecule has 0 aliphatic carbocycles. The molecular formula is C26H46O7. The summed E-state index contributed by atoms with van der Waals surface area (Å²) in [5.41, 5.74) is 0. The van der Waals surface area contributed by atoms with E-state index in [1.54, 1.807) is 0 Å². The van der Waals surface area contributed by atoms with Crippen LogP contribution in [0.15, 0.2) is 0 Å². The molecule has 0 aromatic carbocycles. The maximum atomic E-state index is 12.0. The highest BCUT2D eigenvalue weighted by Crippen LogP contribution is 2.10. The van der Waals surface area contributed by atoms with Crippen LogP contribution in [0.5, 0.6) is 0 Å². The third kappa shape index (κ3) is 21.7. The van der Waals surface area contributed by atoms with Gasteiger partial charge in [0.2, 0.25) is 0 Å². The van der Waals surface area contributed by atoms with Gasteiger partial charge in [-0.25, -0.2) is 0 Å². The lowest BCUT2D eigenvalue weighted by atomic mass is 10.1. The van der Waals surface area contributed by atoms with Crippen LogP contribution >= 0.6 is 0 Å². The van der Waals surface area contributed by atoms with Gasteiger partial charge in [0.25, 0.3) is 0 Å². The number of carbonyl (C=O) groups excluding carboxylic acids is 4. The molecule has 0 amide bonds. The van der Waals surface area contributed by atoms with Crippen molar-refractivity contribution in [2.24, 2.45) is 0 Å². The third-order valence-corrected chi connectivity index (χ3v) is 5.33. The zero-order valence-electron chi connectivity index (χ0n) is 20.9. The molecule has 0 aromatic rings. The number of hydrogen-bond acceptors (Lipinski definition) is 7. The molecule has 0 saturated heterocycles. The first-order valence-corrected chi connectivity index (χ1v) is 13.0. The summed E-state index contributed by atoms with van der Waals surface area (Å²) in [5, 5.41) is 0. The van der Waals surface area contributed by atoms with Crippen molar-refractivity contribution in [1.29, 1.82) is 0 Å². The first-order valence-electron chi connectivity index (χ1n) is 13.0. The minimum absolute atomic E-state index is 0.0899. The second-order valence-corrected chi connectivity index (χ2v) is 8.57. The minimum Gasteiger partial charge on any atom is -0.462 e. The van der Waals surface area contributed by atoms with Crippen LogP contribution in [0.2, 0.25) is 0 Å². The van der Waals surface area contributed by atoms with Crippen molar-refractivity contribution in [1.82, 2.24) is 0 Å². The predicted octanol–water partition coefficient (Wildman–Crippen LogP) is 5.86. The lowest BCUT2D eigenvalue weighted by molar-refractivity contribution is -0.167. The van der Waals surface area contributed by atoms with E-state index in [1.807, 2.05) is 0 Å². The van der Waals surface area contributed by atoms with Crippen molar-refractivity contribution in [3.8, 4) is 0 Å². The summed E-state index contributed by atoms with van der Waals surface area (Å²) in [7, 11) is 0. The number of carbonyl (C=O) groups is 4. The Hall–Kier alpha value is -1.92.